The van der Waals surface area contributed by atoms with Crippen LogP contribution < -0.4 is 5.32 Å². The van der Waals surface area contributed by atoms with Crippen LogP contribution in [-0.2, 0) is 14.9 Å². The van der Waals surface area contributed by atoms with Gasteiger partial charge in [0.05, 0.1) is 5.69 Å². The van der Waals surface area contributed by atoms with Gasteiger partial charge in [-0.2, -0.15) is 0 Å². The lowest BCUT2D eigenvalue weighted by Gasteiger charge is -2.38. The van der Waals surface area contributed by atoms with E-state index in [-0.39, 0.29) is 11.3 Å². The Kier molecular flexibility index (Phi) is 6.30. The third-order valence-corrected chi connectivity index (χ3v) is 5.19. The summed E-state index contributed by atoms with van der Waals surface area (Å²) in [6, 6.07) is 11.1. The van der Waals surface area contributed by atoms with Gasteiger partial charge in [0.2, 0.25) is 5.91 Å². The third-order valence-electron chi connectivity index (χ3n) is 4.65. The average Bonchev–Trinajstić information content (AvgIpc) is 2.66. The Morgan fingerprint density at radius 2 is 2.04 bits per heavy atom. The lowest BCUT2D eigenvalue weighted by Crippen LogP contribution is -2.44. The molecule has 0 spiro atoms. The molecular weight excluding hydrogens is 371 g/mol. The molecule has 2 heterocycles. The summed E-state index contributed by atoms with van der Waals surface area (Å²) in [4.78, 5) is 16.4. The first-order chi connectivity index (χ1) is 12.6. The lowest BCUT2D eigenvalue weighted by molar-refractivity contribution is -0.116. The molecule has 6 heteroatoms. The lowest BCUT2D eigenvalue weighted by atomic mass is 9.74. The van der Waals surface area contributed by atoms with Gasteiger partial charge in [-0.3, -0.25) is 9.78 Å². The van der Waals surface area contributed by atoms with Crippen LogP contribution in [0.4, 0.5) is 0 Å². The zero-order valence-electron chi connectivity index (χ0n) is 14.3. The molecule has 1 fully saturated rings. The van der Waals surface area contributed by atoms with Gasteiger partial charge < -0.3 is 10.1 Å². The second-order valence-electron chi connectivity index (χ2n) is 6.32. The van der Waals surface area contributed by atoms with Gasteiger partial charge in [-0.15, -0.1) is 0 Å². The molecule has 1 saturated heterocycles. The molecule has 1 aliphatic heterocycles. The third kappa shape index (κ3) is 4.64. The molecule has 1 amide bonds. The highest BCUT2D eigenvalue weighted by Crippen LogP contribution is 2.39. The monoisotopic (exact) mass is 390 g/mol. The summed E-state index contributed by atoms with van der Waals surface area (Å²) < 4.78 is 5.52. The highest BCUT2D eigenvalue weighted by molar-refractivity contribution is 6.35. The van der Waals surface area contributed by atoms with E-state index in [1.807, 2.05) is 30.3 Å². The van der Waals surface area contributed by atoms with Crippen LogP contribution in [0, 0.1) is 0 Å². The Hall–Kier alpha value is -1.88. The van der Waals surface area contributed by atoms with Crippen LogP contribution in [0.5, 0.6) is 0 Å². The van der Waals surface area contributed by atoms with Crippen LogP contribution in [0.2, 0.25) is 10.0 Å². The van der Waals surface area contributed by atoms with E-state index < -0.39 is 0 Å². The molecular formula is C20H20Cl2N2O2. The number of ether oxygens (including phenoxy) is 1. The number of hydrogen-bond donors (Lipinski definition) is 1. The van der Waals surface area contributed by atoms with Gasteiger partial charge in [-0.05, 0) is 48.7 Å². The maximum atomic E-state index is 12.3. The number of pyridine rings is 1. The summed E-state index contributed by atoms with van der Waals surface area (Å²) in [7, 11) is 0. The molecule has 1 aromatic heterocycles. The molecule has 0 bridgehead atoms. The van der Waals surface area contributed by atoms with Crippen molar-refractivity contribution in [3.8, 4) is 0 Å². The molecule has 1 N–H and O–H groups in total. The SMILES string of the molecule is O=C(C=Cc1ccccn1)NCC1(c2ccc(Cl)cc2Cl)CCOCC1. The van der Waals surface area contributed by atoms with Crippen LogP contribution in [0.15, 0.2) is 48.7 Å². The van der Waals surface area contributed by atoms with E-state index in [0.717, 1.165) is 24.1 Å². The number of nitrogens with zero attached hydrogens (tertiary/aromatic N) is 1. The minimum Gasteiger partial charge on any atom is -0.381 e. The number of hydrogen-bond acceptors (Lipinski definition) is 3. The van der Waals surface area contributed by atoms with Crippen molar-refractivity contribution in [1.29, 1.82) is 0 Å². The molecule has 0 radical (unpaired) electrons. The molecule has 136 valence electrons. The highest BCUT2D eigenvalue weighted by Gasteiger charge is 2.36. The van der Waals surface area contributed by atoms with Crippen molar-refractivity contribution >= 4 is 35.2 Å². The van der Waals surface area contributed by atoms with Crippen molar-refractivity contribution in [2.24, 2.45) is 0 Å². The van der Waals surface area contributed by atoms with Crippen molar-refractivity contribution in [3.05, 3.63) is 70.0 Å². The zero-order chi connectivity index (χ0) is 18.4. The van der Waals surface area contributed by atoms with Crippen LogP contribution >= 0.6 is 23.2 Å². The van der Waals surface area contributed by atoms with Gasteiger partial charge in [-0.1, -0.05) is 35.3 Å². The fraction of sp³-hybridized carbons (Fsp3) is 0.300. The zero-order valence-corrected chi connectivity index (χ0v) is 15.8. The van der Waals surface area contributed by atoms with Crippen molar-refractivity contribution in [2.45, 2.75) is 18.3 Å². The summed E-state index contributed by atoms with van der Waals surface area (Å²) in [5, 5.41) is 4.23. The van der Waals surface area contributed by atoms with Crippen LogP contribution in [-0.4, -0.2) is 30.6 Å². The number of rotatable bonds is 5. The predicted molar refractivity (Wildman–Crippen MR) is 104 cm³/mol. The first kappa shape index (κ1) is 18.9. The molecule has 0 atom stereocenters. The summed E-state index contributed by atoms with van der Waals surface area (Å²) in [5.41, 5.74) is 1.49. The second-order valence-corrected chi connectivity index (χ2v) is 7.17. The number of halogens is 2. The minimum atomic E-state index is -0.256. The van der Waals surface area contributed by atoms with Gasteiger partial charge in [-0.25, -0.2) is 0 Å². The van der Waals surface area contributed by atoms with E-state index in [2.05, 4.69) is 10.3 Å². The van der Waals surface area contributed by atoms with E-state index in [9.17, 15) is 4.79 Å². The first-order valence-corrected chi connectivity index (χ1v) is 9.25. The molecule has 2 aromatic rings. The van der Waals surface area contributed by atoms with Crippen molar-refractivity contribution in [2.75, 3.05) is 19.8 Å². The summed E-state index contributed by atoms with van der Waals surface area (Å²) in [5.74, 6) is -0.161. The smallest absolute Gasteiger partial charge is 0.244 e. The Bertz CT molecular complexity index is 788. The van der Waals surface area contributed by atoms with Crippen LogP contribution in [0.3, 0.4) is 0 Å². The van der Waals surface area contributed by atoms with Gasteiger partial charge in [0, 0.05) is 47.5 Å². The van der Waals surface area contributed by atoms with E-state index in [0.29, 0.717) is 29.8 Å². The largest absolute Gasteiger partial charge is 0.381 e. The van der Waals surface area contributed by atoms with Crippen molar-refractivity contribution in [3.63, 3.8) is 0 Å². The topological polar surface area (TPSA) is 51.2 Å². The normalized spacial score (nSPS) is 16.5. The van der Waals surface area contributed by atoms with E-state index >= 15 is 0 Å². The minimum absolute atomic E-state index is 0.161. The van der Waals surface area contributed by atoms with Crippen molar-refractivity contribution < 1.29 is 9.53 Å². The van der Waals surface area contributed by atoms with E-state index in [1.165, 1.54) is 6.08 Å². The fourth-order valence-corrected chi connectivity index (χ4v) is 3.78. The van der Waals surface area contributed by atoms with Crippen LogP contribution in [0.1, 0.15) is 24.1 Å². The maximum absolute atomic E-state index is 12.3. The first-order valence-electron chi connectivity index (χ1n) is 8.49. The molecule has 1 aromatic carbocycles. The Morgan fingerprint density at radius 3 is 2.73 bits per heavy atom. The summed E-state index contributed by atoms with van der Waals surface area (Å²) in [6.45, 7) is 1.76. The standard InChI is InChI=1S/C20H20Cl2N2O2/c21-15-4-6-17(18(22)13-15)20(8-11-26-12-9-20)14-24-19(25)7-5-16-3-1-2-10-23-16/h1-7,10,13H,8-9,11-12,14H2,(H,24,25). The van der Waals surface area contributed by atoms with Gasteiger partial charge in [0.1, 0.15) is 0 Å². The van der Waals surface area contributed by atoms with Crippen LogP contribution in [0.25, 0.3) is 6.08 Å². The molecule has 0 unspecified atom stereocenters. The second kappa shape index (κ2) is 8.67. The van der Waals surface area contributed by atoms with Gasteiger partial charge in [0.15, 0.2) is 0 Å². The molecule has 0 aliphatic carbocycles. The summed E-state index contributed by atoms with van der Waals surface area (Å²) in [6.07, 6.45) is 6.47. The van der Waals surface area contributed by atoms with E-state index in [4.69, 9.17) is 27.9 Å². The van der Waals surface area contributed by atoms with Gasteiger partial charge >= 0.3 is 0 Å². The number of aromatic nitrogens is 1. The van der Waals surface area contributed by atoms with Gasteiger partial charge in [0.25, 0.3) is 0 Å². The number of nitrogens with one attached hydrogen (secondary N) is 1. The molecule has 0 saturated carbocycles. The number of carbonyl (C=O) groups is 1. The Balaban J connectivity index is 1.73. The summed E-state index contributed by atoms with van der Waals surface area (Å²) >= 11 is 12.5. The molecule has 26 heavy (non-hydrogen) atoms. The quantitative estimate of drug-likeness (QED) is 0.775. The fourth-order valence-electron chi connectivity index (χ4n) is 3.17. The highest BCUT2D eigenvalue weighted by atomic mass is 35.5. The molecule has 1 aliphatic rings. The number of amides is 1. The molecule has 3 rings (SSSR count). The van der Waals surface area contributed by atoms with E-state index in [1.54, 1.807) is 18.3 Å². The maximum Gasteiger partial charge on any atom is 0.244 e. The Morgan fingerprint density at radius 1 is 1.23 bits per heavy atom. The average molecular weight is 391 g/mol. The molecule has 4 nitrogen and oxygen atoms in total. The Labute approximate surface area is 163 Å². The predicted octanol–water partition coefficient (Wildman–Crippen LogP) is 4.27. The van der Waals surface area contributed by atoms with Crippen molar-refractivity contribution in [1.82, 2.24) is 10.3 Å². The number of carbonyl (C=O) groups excluding carboxylic acids is 1. The number of benzene rings is 1.